The lowest BCUT2D eigenvalue weighted by Gasteiger charge is -2.32. The van der Waals surface area contributed by atoms with Crippen LogP contribution in [0.4, 0.5) is 0 Å². The van der Waals surface area contributed by atoms with Crippen LogP contribution in [0.2, 0.25) is 0 Å². The zero-order valence-electron chi connectivity index (χ0n) is 20.3. The van der Waals surface area contributed by atoms with Crippen LogP contribution in [0.15, 0.2) is 18.3 Å². The van der Waals surface area contributed by atoms with E-state index in [2.05, 4.69) is 32.7 Å². The summed E-state index contributed by atoms with van der Waals surface area (Å²) in [4.78, 5) is 4.49. The Balaban J connectivity index is 1.78. The first-order valence-electron chi connectivity index (χ1n) is 11.4. The molecule has 1 aliphatic carbocycles. The predicted octanol–water partition coefficient (Wildman–Crippen LogP) is 4.59. The molecule has 1 aromatic carbocycles. The van der Waals surface area contributed by atoms with Gasteiger partial charge in [0.05, 0.1) is 22.5 Å². The van der Waals surface area contributed by atoms with Gasteiger partial charge in [-0.25, -0.2) is 0 Å². The third-order valence-corrected chi connectivity index (χ3v) is 8.54. The maximum atomic E-state index is 11.2. The van der Waals surface area contributed by atoms with Crippen molar-refractivity contribution in [1.82, 2.24) is 4.98 Å². The number of hydrogen-bond donors (Lipinski definition) is 3. The fourth-order valence-corrected chi connectivity index (χ4v) is 5.19. The first kappa shape index (κ1) is 22.9. The highest BCUT2D eigenvalue weighted by molar-refractivity contribution is 6.62. The fourth-order valence-electron chi connectivity index (χ4n) is 5.19. The summed E-state index contributed by atoms with van der Waals surface area (Å²) >= 11 is 0. The number of phenols is 3. The van der Waals surface area contributed by atoms with Crippen molar-refractivity contribution in [2.24, 2.45) is 5.92 Å². The first-order chi connectivity index (χ1) is 14.8. The number of phenolic OH excluding ortho intramolecular Hbond substituents is 3. The number of benzene rings is 1. The summed E-state index contributed by atoms with van der Waals surface area (Å²) in [5.41, 5.74) is 1.37. The average Bonchev–Trinajstić information content (AvgIpc) is 3.08. The van der Waals surface area contributed by atoms with E-state index in [-0.39, 0.29) is 40.1 Å². The van der Waals surface area contributed by atoms with E-state index in [1.165, 1.54) is 0 Å². The molecule has 1 aliphatic heterocycles. The summed E-state index contributed by atoms with van der Waals surface area (Å²) in [5, 5.41) is 33.2. The van der Waals surface area contributed by atoms with Crippen molar-refractivity contribution in [1.29, 1.82) is 0 Å². The lowest BCUT2D eigenvalue weighted by molar-refractivity contribution is 0.00578. The molecule has 4 rings (SSSR count). The minimum Gasteiger partial charge on any atom is -0.507 e. The normalized spacial score (nSPS) is 28.2. The molecule has 0 saturated carbocycles. The summed E-state index contributed by atoms with van der Waals surface area (Å²) in [6.07, 6.45) is 2.42. The molecule has 0 amide bonds. The van der Waals surface area contributed by atoms with Gasteiger partial charge < -0.3 is 24.6 Å². The molecule has 32 heavy (non-hydrogen) atoms. The summed E-state index contributed by atoms with van der Waals surface area (Å²) < 4.78 is 12.2. The predicted molar refractivity (Wildman–Crippen MR) is 126 cm³/mol. The molecule has 3 atom stereocenters. The van der Waals surface area contributed by atoms with Gasteiger partial charge in [0.1, 0.15) is 5.75 Å². The average molecular weight is 439 g/mol. The van der Waals surface area contributed by atoms with E-state index < -0.39 is 18.3 Å². The Morgan fingerprint density at radius 2 is 1.53 bits per heavy atom. The zero-order chi connectivity index (χ0) is 23.8. The second-order valence-corrected chi connectivity index (χ2v) is 10.6. The maximum absolute atomic E-state index is 11.2. The van der Waals surface area contributed by atoms with Gasteiger partial charge in [0, 0.05) is 22.8 Å². The Morgan fingerprint density at radius 1 is 0.938 bits per heavy atom. The van der Waals surface area contributed by atoms with E-state index in [0.717, 1.165) is 11.9 Å². The molecule has 2 aromatic rings. The van der Waals surface area contributed by atoms with Crippen LogP contribution < -0.4 is 5.46 Å². The van der Waals surface area contributed by atoms with Crippen molar-refractivity contribution < 1.29 is 24.6 Å². The van der Waals surface area contributed by atoms with E-state index in [1.807, 2.05) is 33.8 Å². The van der Waals surface area contributed by atoms with Crippen LogP contribution >= 0.6 is 0 Å². The van der Waals surface area contributed by atoms with Crippen LogP contribution in [0.1, 0.15) is 78.9 Å². The molecule has 0 bridgehead atoms. The van der Waals surface area contributed by atoms with Gasteiger partial charge in [-0.15, -0.1) is 0 Å². The second-order valence-electron chi connectivity index (χ2n) is 10.6. The van der Waals surface area contributed by atoms with Crippen LogP contribution in [-0.4, -0.2) is 38.6 Å². The fraction of sp³-hybridized carbons (Fsp3) is 0.560. The highest BCUT2D eigenvalue weighted by Crippen LogP contribution is 2.62. The molecule has 7 heteroatoms. The van der Waals surface area contributed by atoms with Crippen molar-refractivity contribution in [3.05, 3.63) is 29.5 Å². The summed E-state index contributed by atoms with van der Waals surface area (Å²) in [6.45, 7) is 16.3. The van der Waals surface area contributed by atoms with Crippen molar-refractivity contribution in [2.75, 3.05) is 0 Å². The molecular weight excluding hydrogens is 405 g/mol. The van der Waals surface area contributed by atoms with Crippen LogP contribution in [0, 0.1) is 5.92 Å². The number of fused-ring (bicyclic) bond motifs is 1. The van der Waals surface area contributed by atoms with E-state index in [9.17, 15) is 15.3 Å². The molecule has 3 unspecified atom stereocenters. The van der Waals surface area contributed by atoms with E-state index in [0.29, 0.717) is 16.8 Å². The van der Waals surface area contributed by atoms with Gasteiger partial charge >= 0.3 is 7.12 Å². The zero-order valence-corrected chi connectivity index (χ0v) is 20.3. The Hall–Kier alpha value is -2.25. The molecule has 2 aliphatic rings. The molecule has 0 spiro atoms. The molecule has 6 nitrogen and oxygen atoms in total. The van der Waals surface area contributed by atoms with Gasteiger partial charge in [-0.2, -0.15) is 0 Å². The van der Waals surface area contributed by atoms with Gasteiger partial charge in [0.15, 0.2) is 11.5 Å². The Morgan fingerprint density at radius 3 is 2.03 bits per heavy atom. The largest absolute Gasteiger partial charge is 0.507 e. The lowest BCUT2D eigenvalue weighted by Crippen LogP contribution is -2.41. The molecule has 3 N–H and O–H groups in total. The molecule has 2 heterocycles. The van der Waals surface area contributed by atoms with Gasteiger partial charge in [-0.3, -0.25) is 4.98 Å². The number of aromatic nitrogens is 1. The van der Waals surface area contributed by atoms with Gasteiger partial charge in [0.2, 0.25) is 0 Å². The quantitative estimate of drug-likeness (QED) is 0.368. The second kappa shape index (κ2) is 7.13. The molecular formula is C25H34BNO5. The maximum Gasteiger partial charge on any atom is 0.496 e. The SMILES string of the molecule is CCC1(C)c2c(O)c(O)c(-c3ccc(B4OC(C)(C)C(C)(C)O4)cn3)c(O)c2C(C)C1C. The topological polar surface area (TPSA) is 92.0 Å². The van der Waals surface area contributed by atoms with Crippen molar-refractivity contribution >= 4 is 12.6 Å². The van der Waals surface area contributed by atoms with Gasteiger partial charge in [-0.1, -0.05) is 33.8 Å². The van der Waals surface area contributed by atoms with Gasteiger partial charge in [0.25, 0.3) is 0 Å². The standard InChI is InChI=1S/C25H34BNO5/c1-9-25(8)14(3)13(2)17-19(25)22(30)21(29)18(20(17)28)16-11-10-15(12-27-16)26-31-23(4,5)24(6,7)32-26/h10-14,28-30H,9H2,1-8H3. The lowest BCUT2D eigenvalue weighted by atomic mass is 9.73. The molecule has 172 valence electrons. The third kappa shape index (κ3) is 2.97. The molecule has 0 radical (unpaired) electrons. The smallest absolute Gasteiger partial charge is 0.496 e. The van der Waals surface area contributed by atoms with Crippen molar-refractivity contribution in [3.63, 3.8) is 0 Å². The summed E-state index contributed by atoms with van der Waals surface area (Å²) in [7, 11) is -0.552. The summed E-state index contributed by atoms with van der Waals surface area (Å²) in [5.74, 6) is -0.275. The number of nitrogens with zero attached hydrogens (tertiary/aromatic N) is 1. The molecule has 1 saturated heterocycles. The number of aromatic hydroxyl groups is 3. The Kier molecular flexibility index (Phi) is 5.11. The monoisotopic (exact) mass is 439 g/mol. The molecule has 1 fully saturated rings. The highest BCUT2D eigenvalue weighted by Gasteiger charge is 2.52. The number of pyridine rings is 1. The minimum absolute atomic E-state index is 0.0114. The van der Waals surface area contributed by atoms with Crippen LogP contribution in [-0.2, 0) is 14.7 Å². The molecule has 1 aromatic heterocycles. The van der Waals surface area contributed by atoms with Crippen molar-refractivity contribution in [3.8, 4) is 28.5 Å². The third-order valence-electron chi connectivity index (χ3n) is 8.54. The van der Waals surface area contributed by atoms with Crippen LogP contribution in [0.25, 0.3) is 11.3 Å². The van der Waals surface area contributed by atoms with Crippen molar-refractivity contribution in [2.45, 2.75) is 84.3 Å². The minimum atomic E-state index is -0.552. The highest BCUT2D eigenvalue weighted by atomic mass is 16.7. The van der Waals surface area contributed by atoms with Crippen LogP contribution in [0.5, 0.6) is 17.2 Å². The number of hydrogen-bond acceptors (Lipinski definition) is 6. The van der Waals surface area contributed by atoms with E-state index in [1.54, 1.807) is 12.3 Å². The Labute approximate surface area is 190 Å². The Bertz CT molecular complexity index is 1050. The summed E-state index contributed by atoms with van der Waals surface area (Å²) in [6, 6.07) is 3.53. The van der Waals surface area contributed by atoms with Gasteiger partial charge in [-0.05, 0) is 57.4 Å². The van der Waals surface area contributed by atoms with Crippen LogP contribution in [0.3, 0.4) is 0 Å². The van der Waals surface area contributed by atoms with E-state index >= 15 is 0 Å². The van der Waals surface area contributed by atoms with E-state index in [4.69, 9.17) is 9.31 Å². The first-order valence-corrected chi connectivity index (χ1v) is 11.4. The number of rotatable bonds is 3.